The van der Waals surface area contributed by atoms with Crippen molar-refractivity contribution in [3.05, 3.63) is 53.6 Å². The third kappa shape index (κ3) is 4.05. The van der Waals surface area contributed by atoms with Crippen LogP contribution in [0.15, 0.2) is 42.5 Å². The highest BCUT2D eigenvalue weighted by Crippen LogP contribution is 2.33. The molecule has 0 aromatic heterocycles. The van der Waals surface area contributed by atoms with E-state index >= 15 is 0 Å². The molecule has 0 radical (unpaired) electrons. The van der Waals surface area contributed by atoms with Crippen LogP contribution in [0.5, 0.6) is 17.2 Å². The third-order valence-corrected chi connectivity index (χ3v) is 5.40. The first-order valence-corrected chi connectivity index (χ1v) is 9.61. The number of ether oxygens (including phenoxy) is 3. The predicted octanol–water partition coefficient (Wildman–Crippen LogP) is 2.23. The molecule has 2 aliphatic heterocycles. The maximum Gasteiger partial charge on any atom is 0.247 e. The number of rotatable bonds is 7. The van der Waals surface area contributed by atoms with E-state index in [9.17, 15) is 9.59 Å². The number of fused-ring (bicyclic) bond motifs is 1. The Morgan fingerprint density at radius 1 is 1.07 bits per heavy atom. The summed E-state index contributed by atoms with van der Waals surface area (Å²) in [6, 6.07) is 13.0. The number of likely N-dealkylation sites (tertiary alicyclic amines) is 1. The van der Waals surface area contributed by atoms with Gasteiger partial charge in [-0.3, -0.25) is 19.4 Å². The maximum atomic E-state index is 12.9. The van der Waals surface area contributed by atoms with Crippen LogP contribution >= 0.6 is 0 Å². The average molecular weight is 396 g/mol. The van der Waals surface area contributed by atoms with Crippen LogP contribution < -0.4 is 14.2 Å². The molecule has 2 aromatic carbocycles. The lowest BCUT2D eigenvalue weighted by Gasteiger charge is -2.23. The van der Waals surface area contributed by atoms with E-state index in [0.29, 0.717) is 25.3 Å². The van der Waals surface area contributed by atoms with Gasteiger partial charge in [0.25, 0.3) is 0 Å². The van der Waals surface area contributed by atoms with Crippen molar-refractivity contribution in [2.75, 3.05) is 27.5 Å². The highest BCUT2D eigenvalue weighted by Gasteiger charge is 2.40. The summed E-state index contributed by atoms with van der Waals surface area (Å²) >= 11 is 0. The first-order valence-electron chi connectivity index (χ1n) is 9.61. The van der Waals surface area contributed by atoms with E-state index < -0.39 is 6.04 Å². The van der Waals surface area contributed by atoms with Crippen molar-refractivity contribution in [1.29, 1.82) is 0 Å². The van der Waals surface area contributed by atoms with Crippen molar-refractivity contribution < 1.29 is 23.8 Å². The fourth-order valence-corrected chi connectivity index (χ4v) is 3.72. The van der Waals surface area contributed by atoms with Crippen LogP contribution in [0.4, 0.5) is 0 Å². The van der Waals surface area contributed by atoms with E-state index in [1.54, 1.807) is 7.11 Å². The number of likely N-dealkylation sites (N-methyl/N-ethyl adjacent to an activating group) is 1. The second-order valence-electron chi connectivity index (χ2n) is 7.30. The van der Waals surface area contributed by atoms with Crippen LogP contribution in [0.25, 0.3) is 0 Å². The Balaban J connectivity index is 1.36. The molecule has 2 heterocycles. The Bertz CT molecular complexity index is 912. The smallest absolute Gasteiger partial charge is 0.247 e. The molecule has 152 valence electrons. The lowest BCUT2D eigenvalue weighted by atomic mass is 10.1. The molecule has 0 N–H and O–H groups in total. The Hall–Kier alpha value is -3.06. The standard InChI is InChI=1S/C22H24N2O5/c1-23(13-16-5-8-19-20(11-16)29-14-28-19)18-12-21(25)24(22(18)26)10-9-15-3-6-17(27-2)7-4-15/h3-8,11,18H,9-10,12-14H2,1-2H3. The van der Waals surface area contributed by atoms with Crippen LogP contribution in [0.2, 0.25) is 0 Å². The number of hydrogen-bond donors (Lipinski definition) is 0. The quantitative estimate of drug-likeness (QED) is 0.669. The second kappa shape index (κ2) is 8.13. The van der Waals surface area contributed by atoms with Gasteiger partial charge in [-0.2, -0.15) is 0 Å². The fourth-order valence-electron chi connectivity index (χ4n) is 3.72. The Morgan fingerprint density at radius 3 is 2.55 bits per heavy atom. The van der Waals surface area contributed by atoms with Gasteiger partial charge in [-0.05, 0) is 48.9 Å². The van der Waals surface area contributed by atoms with Gasteiger partial charge in [-0.25, -0.2) is 0 Å². The molecular weight excluding hydrogens is 372 g/mol. The number of carbonyl (C=O) groups excluding carboxylic acids is 2. The average Bonchev–Trinajstić information content (AvgIpc) is 3.30. The maximum absolute atomic E-state index is 12.9. The van der Waals surface area contributed by atoms with E-state index in [2.05, 4.69) is 0 Å². The molecule has 1 atom stereocenters. The molecule has 7 nitrogen and oxygen atoms in total. The largest absolute Gasteiger partial charge is 0.497 e. The minimum Gasteiger partial charge on any atom is -0.497 e. The molecule has 7 heteroatoms. The summed E-state index contributed by atoms with van der Waals surface area (Å²) in [5, 5.41) is 0. The minimum absolute atomic E-state index is 0.119. The van der Waals surface area contributed by atoms with Gasteiger partial charge in [0.05, 0.1) is 19.6 Å². The van der Waals surface area contributed by atoms with Crippen LogP contribution in [0, 0.1) is 0 Å². The van der Waals surface area contributed by atoms with Gasteiger partial charge in [0.15, 0.2) is 11.5 Å². The van der Waals surface area contributed by atoms with Gasteiger partial charge in [-0.1, -0.05) is 18.2 Å². The summed E-state index contributed by atoms with van der Waals surface area (Å²) < 4.78 is 15.9. The first kappa shape index (κ1) is 19.3. The van der Waals surface area contributed by atoms with Crippen LogP contribution in [-0.2, 0) is 22.6 Å². The van der Waals surface area contributed by atoms with Gasteiger partial charge in [0, 0.05) is 13.1 Å². The molecule has 0 saturated carbocycles. The zero-order valence-electron chi connectivity index (χ0n) is 16.6. The molecular formula is C22H24N2O5. The van der Waals surface area contributed by atoms with Crippen molar-refractivity contribution in [1.82, 2.24) is 9.80 Å². The highest BCUT2D eigenvalue weighted by atomic mass is 16.7. The third-order valence-electron chi connectivity index (χ3n) is 5.40. The van der Waals surface area contributed by atoms with Crippen molar-refractivity contribution in [3.63, 3.8) is 0 Å². The molecule has 1 unspecified atom stereocenters. The van der Waals surface area contributed by atoms with Gasteiger partial charge in [0.2, 0.25) is 18.6 Å². The fraction of sp³-hybridized carbons (Fsp3) is 0.364. The van der Waals surface area contributed by atoms with E-state index in [4.69, 9.17) is 14.2 Å². The molecule has 2 aliphatic rings. The van der Waals surface area contributed by atoms with Gasteiger partial charge < -0.3 is 14.2 Å². The normalized spacial score (nSPS) is 18.0. The summed E-state index contributed by atoms with van der Waals surface area (Å²) in [7, 11) is 3.49. The molecule has 2 aromatic rings. The molecule has 2 amide bonds. The summed E-state index contributed by atoms with van der Waals surface area (Å²) in [5.41, 5.74) is 2.07. The molecule has 4 rings (SSSR count). The summed E-state index contributed by atoms with van der Waals surface area (Å²) in [6.45, 7) is 1.17. The number of nitrogens with zero attached hydrogens (tertiary/aromatic N) is 2. The number of imide groups is 1. The first-order chi connectivity index (χ1) is 14.0. The van der Waals surface area contributed by atoms with Gasteiger partial charge >= 0.3 is 0 Å². The van der Waals surface area contributed by atoms with E-state index in [0.717, 1.165) is 22.6 Å². The summed E-state index contributed by atoms with van der Waals surface area (Å²) in [4.78, 5) is 28.6. The number of amides is 2. The van der Waals surface area contributed by atoms with Crippen LogP contribution in [0.3, 0.4) is 0 Å². The van der Waals surface area contributed by atoms with Crippen molar-refractivity contribution >= 4 is 11.8 Å². The Labute approximate surface area is 169 Å². The predicted molar refractivity (Wildman–Crippen MR) is 106 cm³/mol. The Morgan fingerprint density at radius 2 is 1.79 bits per heavy atom. The van der Waals surface area contributed by atoms with Crippen LogP contribution in [0.1, 0.15) is 17.5 Å². The topological polar surface area (TPSA) is 68.3 Å². The van der Waals surface area contributed by atoms with E-state index in [-0.39, 0.29) is 25.0 Å². The lowest BCUT2D eigenvalue weighted by Crippen LogP contribution is -2.40. The monoisotopic (exact) mass is 396 g/mol. The number of carbonyl (C=O) groups is 2. The highest BCUT2D eigenvalue weighted by molar-refractivity contribution is 6.05. The van der Waals surface area contributed by atoms with Crippen molar-refractivity contribution in [2.45, 2.75) is 25.4 Å². The summed E-state index contributed by atoms with van der Waals surface area (Å²) in [6.07, 6.45) is 0.836. The van der Waals surface area contributed by atoms with Crippen LogP contribution in [-0.4, -0.2) is 55.2 Å². The second-order valence-corrected chi connectivity index (χ2v) is 7.30. The van der Waals surface area contributed by atoms with Crippen molar-refractivity contribution in [3.8, 4) is 17.2 Å². The zero-order chi connectivity index (χ0) is 20.4. The van der Waals surface area contributed by atoms with Crippen molar-refractivity contribution in [2.24, 2.45) is 0 Å². The molecule has 0 spiro atoms. The number of methoxy groups -OCH3 is 1. The Kier molecular flexibility index (Phi) is 5.40. The number of benzene rings is 2. The SMILES string of the molecule is COc1ccc(CCN2C(=O)CC(N(C)Cc3ccc4c(c3)OCO4)C2=O)cc1. The van der Waals surface area contributed by atoms with E-state index in [1.807, 2.05) is 54.4 Å². The van der Waals surface area contributed by atoms with Gasteiger partial charge in [0.1, 0.15) is 5.75 Å². The molecule has 1 fully saturated rings. The minimum atomic E-state index is -0.441. The zero-order valence-corrected chi connectivity index (χ0v) is 16.6. The van der Waals surface area contributed by atoms with Gasteiger partial charge in [-0.15, -0.1) is 0 Å². The van der Waals surface area contributed by atoms with E-state index in [1.165, 1.54) is 4.90 Å². The molecule has 0 bridgehead atoms. The molecule has 0 aliphatic carbocycles. The summed E-state index contributed by atoms with van der Waals surface area (Å²) in [5.74, 6) is 1.98. The number of hydrogen-bond acceptors (Lipinski definition) is 6. The molecule has 29 heavy (non-hydrogen) atoms. The molecule has 1 saturated heterocycles. The lowest BCUT2D eigenvalue weighted by molar-refractivity contribution is -0.139.